The van der Waals surface area contributed by atoms with E-state index < -0.39 is 83.6 Å². The molecule has 0 aliphatic carbocycles. The van der Waals surface area contributed by atoms with Crippen molar-refractivity contribution in [3.05, 3.63) is 35.9 Å². The summed E-state index contributed by atoms with van der Waals surface area (Å²) in [6.07, 6.45) is -6.27. The third-order valence-corrected chi connectivity index (χ3v) is 9.98. The first-order chi connectivity index (χ1) is 22.9. The number of hydrogen-bond donors (Lipinski definition) is 5. The number of benzene rings is 1. The minimum absolute atomic E-state index is 0.0323. The number of rotatable bonds is 18. The number of carboxylic acid groups (broad SMARTS) is 3. The van der Waals surface area contributed by atoms with Gasteiger partial charge in [0, 0.05) is 19.8 Å². The highest BCUT2D eigenvalue weighted by Gasteiger charge is 2.85. The molecule has 14 heteroatoms. The van der Waals surface area contributed by atoms with Crippen molar-refractivity contribution in [1.29, 1.82) is 0 Å². The van der Waals surface area contributed by atoms with Gasteiger partial charge in [-0.05, 0) is 54.9 Å². The Kier molecular flexibility index (Phi) is 13.0. The molecular weight excluding hydrogens is 644 g/mol. The van der Waals surface area contributed by atoms with Gasteiger partial charge in [0.05, 0.1) is 0 Å². The van der Waals surface area contributed by atoms with Crippen LogP contribution < -0.4 is 0 Å². The van der Waals surface area contributed by atoms with E-state index in [0.29, 0.717) is 18.8 Å². The topological polar surface area (TPSA) is 223 Å². The van der Waals surface area contributed by atoms with Crippen LogP contribution in [0.25, 0.3) is 0 Å². The molecule has 1 aromatic rings. The van der Waals surface area contributed by atoms with Crippen LogP contribution in [0.2, 0.25) is 0 Å². The largest absolute Gasteiger partial charge is 0.479 e. The van der Waals surface area contributed by atoms with Gasteiger partial charge in [-0.2, -0.15) is 0 Å². The zero-order valence-corrected chi connectivity index (χ0v) is 28.9. The van der Waals surface area contributed by atoms with Gasteiger partial charge in [-0.15, -0.1) is 0 Å². The first-order valence-corrected chi connectivity index (χ1v) is 16.7. The number of carbonyl (C=O) groups is 5. The van der Waals surface area contributed by atoms with E-state index in [4.69, 9.17) is 18.9 Å². The standard InChI is InChI=1S/C35H50O14/c1-7-19(2)17-20(3)13-14-25(37)47-28-27(38)33(48-29(30(39)40)34(45,31(41)42)35(28,49-33)32(43)44)16-15-21(4)26(46-23(6)36)22(5)18-24-11-9-8-10-12-24/h8-12,19-22,26-29,38,45H,7,13-18H2,1-6H3,(H,39,40)(H,41,42)(H,43,44)/t19-,20+,21?,22+,26+,27+,28+,29+,33+,34+,35+/m0/s1. The third-order valence-electron chi connectivity index (χ3n) is 9.98. The van der Waals surface area contributed by atoms with Crippen molar-refractivity contribution in [3.8, 4) is 0 Å². The minimum Gasteiger partial charge on any atom is -0.479 e. The summed E-state index contributed by atoms with van der Waals surface area (Å²) in [5, 5.41) is 53.7. The summed E-state index contributed by atoms with van der Waals surface area (Å²) in [6.45, 7) is 10.9. The van der Waals surface area contributed by atoms with E-state index in [-0.39, 0.29) is 24.7 Å². The lowest BCUT2D eigenvalue weighted by Gasteiger charge is -2.48. The second-order valence-electron chi connectivity index (χ2n) is 13.9. The van der Waals surface area contributed by atoms with E-state index >= 15 is 0 Å². The van der Waals surface area contributed by atoms with Crippen LogP contribution in [0.15, 0.2) is 30.3 Å². The zero-order valence-electron chi connectivity index (χ0n) is 28.9. The van der Waals surface area contributed by atoms with Crippen LogP contribution in [0.3, 0.4) is 0 Å². The summed E-state index contributed by atoms with van der Waals surface area (Å²) in [5.74, 6) is -11.0. The van der Waals surface area contributed by atoms with Gasteiger partial charge in [-0.3, -0.25) is 9.59 Å². The molecular formula is C35H50O14. The van der Waals surface area contributed by atoms with Crippen LogP contribution in [0.1, 0.15) is 85.6 Å². The van der Waals surface area contributed by atoms with Crippen molar-refractivity contribution in [2.45, 2.75) is 128 Å². The number of aliphatic hydroxyl groups excluding tert-OH is 1. The first-order valence-electron chi connectivity index (χ1n) is 16.7. The molecule has 14 nitrogen and oxygen atoms in total. The summed E-state index contributed by atoms with van der Waals surface area (Å²) in [4.78, 5) is 63.2. The maximum atomic E-state index is 13.1. The van der Waals surface area contributed by atoms with Crippen molar-refractivity contribution in [3.63, 3.8) is 0 Å². The van der Waals surface area contributed by atoms with Crippen LogP contribution in [-0.4, -0.2) is 96.8 Å². The first kappa shape index (κ1) is 39.8. The number of hydrogen-bond acceptors (Lipinski definition) is 11. The van der Waals surface area contributed by atoms with Gasteiger partial charge in [0.2, 0.25) is 23.1 Å². The fraction of sp³-hybridized carbons (Fsp3) is 0.686. The van der Waals surface area contributed by atoms with E-state index in [0.717, 1.165) is 18.4 Å². The summed E-state index contributed by atoms with van der Waals surface area (Å²) in [6, 6.07) is 9.43. The van der Waals surface area contributed by atoms with E-state index in [1.807, 2.05) is 51.1 Å². The highest BCUT2D eigenvalue weighted by molar-refractivity contribution is 5.98. The molecule has 1 aromatic carbocycles. The van der Waals surface area contributed by atoms with Gasteiger partial charge >= 0.3 is 29.8 Å². The smallest absolute Gasteiger partial charge is 0.344 e. The monoisotopic (exact) mass is 694 g/mol. The van der Waals surface area contributed by atoms with Crippen LogP contribution in [0, 0.1) is 23.7 Å². The Morgan fingerprint density at radius 1 is 0.918 bits per heavy atom. The van der Waals surface area contributed by atoms with E-state index in [1.54, 1.807) is 6.92 Å². The van der Waals surface area contributed by atoms with Gasteiger partial charge in [0.1, 0.15) is 12.2 Å². The van der Waals surface area contributed by atoms with E-state index in [2.05, 4.69) is 6.92 Å². The summed E-state index contributed by atoms with van der Waals surface area (Å²) in [7, 11) is 0. The highest BCUT2D eigenvalue weighted by Crippen LogP contribution is 2.56. The molecule has 49 heavy (non-hydrogen) atoms. The predicted octanol–water partition coefficient (Wildman–Crippen LogP) is 3.19. The molecule has 2 aliphatic rings. The van der Waals surface area contributed by atoms with Gasteiger partial charge in [0.15, 0.2) is 6.10 Å². The van der Waals surface area contributed by atoms with Gasteiger partial charge in [-0.25, -0.2) is 14.4 Å². The molecule has 5 N–H and O–H groups in total. The van der Waals surface area contributed by atoms with Crippen molar-refractivity contribution >= 4 is 29.8 Å². The number of fused-ring (bicyclic) bond motifs is 2. The van der Waals surface area contributed by atoms with Crippen molar-refractivity contribution in [2.75, 3.05) is 0 Å². The van der Waals surface area contributed by atoms with Crippen LogP contribution in [-0.2, 0) is 49.3 Å². The highest BCUT2D eigenvalue weighted by atomic mass is 16.8. The molecule has 2 fully saturated rings. The molecule has 3 rings (SSSR count). The lowest BCUT2D eigenvalue weighted by Crippen LogP contribution is -2.78. The van der Waals surface area contributed by atoms with Crippen molar-refractivity contribution in [1.82, 2.24) is 0 Å². The average Bonchev–Trinajstić information content (AvgIpc) is 3.25. The van der Waals surface area contributed by atoms with Gasteiger partial charge in [0.25, 0.3) is 0 Å². The van der Waals surface area contributed by atoms with Gasteiger partial charge < -0.3 is 44.5 Å². The maximum absolute atomic E-state index is 13.1. The molecule has 0 aromatic heterocycles. The molecule has 0 amide bonds. The number of esters is 2. The molecule has 2 heterocycles. The zero-order chi connectivity index (χ0) is 36.9. The number of carboxylic acids is 3. The van der Waals surface area contributed by atoms with Crippen LogP contribution >= 0.6 is 0 Å². The number of carbonyl (C=O) groups excluding carboxylic acids is 2. The van der Waals surface area contributed by atoms with E-state index in [9.17, 15) is 49.5 Å². The van der Waals surface area contributed by atoms with Crippen LogP contribution in [0.5, 0.6) is 0 Å². The quantitative estimate of drug-likeness (QED) is 0.139. The Morgan fingerprint density at radius 3 is 2.08 bits per heavy atom. The van der Waals surface area contributed by atoms with Crippen molar-refractivity contribution < 1.29 is 68.5 Å². The summed E-state index contributed by atoms with van der Waals surface area (Å²) in [5.41, 5.74) is -6.36. The summed E-state index contributed by atoms with van der Waals surface area (Å²) < 4.78 is 22.4. The van der Waals surface area contributed by atoms with Crippen molar-refractivity contribution in [2.24, 2.45) is 23.7 Å². The minimum atomic E-state index is -3.85. The molecule has 0 saturated carbocycles. The summed E-state index contributed by atoms with van der Waals surface area (Å²) >= 11 is 0. The molecule has 11 atom stereocenters. The average molecular weight is 695 g/mol. The molecule has 0 radical (unpaired) electrons. The SMILES string of the molecule is CC[C@H](C)C[C@H](C)CCC(=O)O[C@@H]1[C@@H](O)[C@]2(CCC(C)[C@@H](OC(C)=O)[C@H](C)Cc3ccccc3)O[C@H](C(=O)O)[C@@](O)(C(=O)O)[C@@]1(C(=O)O)O2. The lowest BCUT2D eigenvalue weighted by molar-refractivity contribution is -0.374. The molecule has 2 saturated heterocycles. The Balaban J connectivity index is 1.98. The molecule has 2 aliphatic heterocycles. The molecule has 1 unspecified atom stereocenters. The van der Waals surface area contributed by atoms with Gasteiger partial charge in [-0.1, -0.05) is 71.4 Å². The lowest BCUT2D eigenvalue weighted by atomic mass is 9.74. The number of ether oxygens (including phenoxy) is 4. The molecule has 0 spiro atoms. The normalized spacial score (nSPS) is 30.7. The Morgan fingerprint density at radius 2 is 1.55 bits per heavy atom. The van der Waals surface area contributed by atoms with Crippen LogP contribution in [0.4, 0.5) is 0 Å². The second-order valence-corrected chi connectivity index (χ2v) is 13.9. The number of aliphatic carboxylic acids is 3. The Bertz CT molecular complexity index is 1350. The maximum Gasteiger partial charge on any atom is 0.344 e. The Hall–Kier alpha value is -3.59. The number of aliphatic hydroxyl groups is 2. The molecule has 274 valence electrons. The van der Waals surface area contributed by atoms with E-state index in [1.165, 1.54) is 6.92 Å². The molecule has 2 bridgehead atoms. The third kappa shape index (κ3) is 8.08. The Labute approximate surface area is 285 Å². The predicted molar refractivity (Wildman–Crippen MR) is 171 cm³/mol. The second kappa shape index (κ2) is 16.0. The fourth-order valence-electron chi connectivity index (χ4n) is 7.16. The fourth-order valence-corrected chi connectivity index (χ4v) is 7.16.